The van der Waals surface area contributed by atoms with E-state index in [1.807, 2.05) is 13.0 Å². The number of fused-ring (bicyclic) bond motifs is 1. The van der Waals surface area contributed by atoms with Crippen LogP contribution in [0.25, 0.3) is 10.8 Å². The van der Waals surface area contributed by atoms with Gasteiger partial charge < -0.3 is 10.6 Å². The summed E-state index contributed by atoms with van der Waals surface area (Å²) in [6.07, 6.45) is 0.887. The molecule has 0 aliphatic rings. The molecular weight excluding hydrogens is 244 g/mol. The number of hydrogen-bond acceptors (Lipinski definition) is 4. The van der Waals surface area contributed by atoms with Crippen LogP contribution in [0.2, 0.25) is 0 Å². The predicted molar refractivity (Wildman–Crippen MR) is 76.7 cm³/mol. The molecule has 0 atom stereocenters. The van der Waals surface area contributed by atoms with Crippen molar-refractivity contribution in [2.24, 2.45) is 5.73 Å². The molecule has 6 heteroatoms. The monoisotopic (exact) mass is 262 g/mol. The molecule has 0 saturated heterocycles. The second-order valence-electron chi connectivity index (χ2n) is 4.36. The number of nitrogens with one attached hydrogen (secondary N) is 2. The third-order valence-electron chi connectivity index (χ3n) is 3.16. The van der Waals surface area contributed by atoms with Crippen LogP contribution in [-0.2, 0) is 0 Å². The maximum atomic E-state index is 11.7. The van der Waals surface area contributed by atoms with Gasteiger partial charge in [-0.15, -0.1) is 0 Å². The standard InChI is InChI=1S/C13H18N4O2/c1-2-17(7-3-6-14)9-4-5-10-11(8-9)13(19)16-15-12(10)18/h4-5,8H,2-3,6-7,14H2,1H3,(H,15,18)(H,16,19). The van der Waals surface area contributed by atoms with Gasteiger partial charge in [-0.25, -0.2) is 0 Å². The zero-order chi connectivity index (χ0) is 13.8. The van der Waals surface area contributed by atoms with Crippen LogP contribution >= 0.6 is 0 Å². The molecule has 1 aromatic carbocycles. The summed E-state index contributed by atoms with van der Waals surface area (Å²) in [6.45, 7) is 4.33. The highest BCUT2D eigenvalue weighted by molar-refractivity contribution is 5.84. The van der Waals surface area contributed by atoms with E-state index in [0.29, 0.717) is 17.3 Å². The average Bonchev–Trinajstić information content (AvgIpc) is 2.44. The first-order chi connectivity index (χ1) is 9.17. The molecular formula is C13H18N4O2. The van der Waals surface area contributed by atoms with Crippen LogP contribution in [-0.4, -0.2) is 29.8 Å². The van der Waals surface area contributed by atoms with Gasteiger partial charge >= 0.3 is 0 Å². The Morgan fingerprint density at radius 1 is 1.16 bits per heavy atom. The Morgan fingerprint density at radius 2 is 1.84 bits per heavy atom. The van der Waals surface area contributed by atoms with Crippen molar-refractivity contribution in [3.63, 3.8) is 0 Å². The maximum Gasteiger partial charge on any atom is 0.270 e. The Bertz CT molecular complexity index is 674. The van der Waals surface area contributed by atoms with Crippen LogP contribution in [0.5, 0.6) is 0 Å². The summed E-state index contributed by atoms with van der Waals surface area (Å²) in [7, 11) is 0. The molecule has 0 aliphatic carbocycles. The molecule has 0 fully saturated rings. The summed E-state index contributed by atoms with van der Waals surface area (Å²) >= 11 is 0. The minimum atomic E-state index is -0.286. The van der Waals surface area contributed by atoms with E-state index in [0.717, 1.165) is 25.2 Å². The molecule has 0 bridgehead atoms. The predicted octanol–water partition coefficient (Wildman–Crippen LogP) is 0.391. The Hall–Kier alpha value is -2.08. The third-order valence-corrected chi connectivity index (χ3v) is 3.16. The Morgan fingerprint density at radius 3 is 2.47 bits per heavy atom. The average molecular weight is 262 g/mol. The van der Waals surface area contributed by atoms with E-state index in [9.17, 15) is 9.59 Å². The minimum Gasteiger partial charge on any atom is -0.372 e. The van der Waals surface area contributed by atoms with Crippen molar-refractivity contribution in [2.45, 2.75) is 13.3 Å². The molecule has 0 saturated carbocycles. The van der Waals surface area contributed by atoms with E-state index < -0.39 is 0 Å². The summed E-state index contributed by atoms with van der Waals surface area (Å²) in [5, 5.41) is 5.47. The van der Waals surface area contributed by atoms with E-state index in [1.165, 1.54) is 0 Å². The van der Waals surface area contributed by atoms with Gasteiger partial charge in [0.2, 0.25) is 0 Å². The van der Waals surface area contributed by atoms with Gasteiger partial charge in [-0.3, -0.25) is 19.8 Å². The first-order valence-corrected chi connectivity index (χ1v) is 6.37. The van der Waals surface area contributed by atoms with Crippen molar-refractivity contribution in [3.8, 4) is 0 Å². The second kappa shape index (κ2) is 5.71. The van der Waals surface area contributed by atoms with Gasteiger partial charge in [0.05, 0.1) is 10.8 Å². The Labute approximate surface area is 110 Å². The number of aromatic amines is 2. The molecule has 19 heavy (non-hydrogen) atoms. The fraction of sp³-hybridized carbons (Fsp3) is 0.385. The molecule has 0 aliphatic heterocycles. The Kier molecular flexibility index (Phi) is 4.01. The van der Waals surface area contributed by atoms with Crippen molar-refractivity contribution in [3.05, 3.63) is 38.9 Å². The summed E-state index contributed by atoms with van der Waals surface area (Å²) in [6, 6.07) is 5.30. The fourth-order valence-electron chi connectivity index (χ4n) is 2.11. The number of hydrogen-bond donors (Lipinski definition) is 3. The summed E-state index contributed by atoms with van der Waals surface area (Å²) < 4.78 is 0. The lowest BCUT2D eigenvalue weighted by molar-refractivity contribution is 0.755. The largest absolute Gasteiger partial charge is 0.372 e. The number of nitrogens with zero attached hydrogens (tertiary/aromatic N) is 1. The van der Waals surface area contributed by atoms with Gasteiger partial charge in [0.15, 0.2) is 0 Å². The highest BCUT2D eigenvalue weighted by atomic mass is 16.1. The lowest BCUT2D eigenvalue weighted by Gasteiger charge is -2.23. The summed E-state index contributed by atoms with van der Waals surface area (Å²) in [5.41, 5.74) is 5.88. The van der Waals surface area contributed by atoms with Crippen molar-refractivity contribution in [1.29, 1.82) is 0 Å². The molecule has 6 nitrogen and oxygen atoms in total. The molecule has 4 N–H and O–H groups in total. The molecule has 1 heterocycles. The van der Waals surface area contributed by atoms with Crippen molar-refractivity contribution in [2.75, 3.05) is 24.5 Å². The first-order valence-electron chi connectivity index (χ1n) is 6.37. The minimum absolute atomic E-state index is 0.286. The van der Waals surface area contributed by atoms with Crippen molar-refractivity contribution < 1.29 is 0 Å². The summed E-state index contributed by atoms with van der Waals surface area (Å²) in [4.78, 5) is 25.5. The molecule has 2 aromatic rings. The van der Waals surface area contributed by atoms with E-state index in [-0.39, 0.29) is 11.1 Å². The van der Waals surface area contributed by atoms with E-state index in [4.69, 9.17) is 5.73 Å². The number of aromatic nitrogens is 2. The molecule has 1 aromatic heterocycles. The molecule has 0 radical (unpaired) electrons. The van der Waals surface area contributed by atoms with Crippen LogP contribution in [0.1, 0.15) is 13.3 Å². The van der Waals surface area contributed by atoms with Gasteiger partial charge in [0.1, 0.15) is 0 Å². The van der Waals surface area contributed by atoms with Crippen molar-refractivity contribution >= 4 is 16.5 Å². The Balaban J connectivity index is 2.48. The molecule has 2 rings (SSSR count). The normalized spacial score (nSPS) is 10.8. The number of anilines is 1. The quantitative estimate of drug-likeness (QED) is 0.726. The van der Waals surface area contributed by atoms with E-state index >= 15 is 0 Å². The van der Waals surface area contributed by atoms with Crippen LogP contribution in [0.4, 0.5) is 5.69 Å². The van der Waals surface area contributed by atoms with Crippen LogP contribution in [0, 0.1) is 0 Å². The molecule has 0 amide bonds. The van der Waals surface area contributed by atoms with Crippen LogP contribution in [0.15, 0.2) is 27.8 Å². The van der Waals surface area contributed by atoms with Gasteiger partial charge in [-0.2, -0.15) is 0 Å². The fourth-order valence-corrected chi connectivity index (χ4v) is 2.11. The maximum absolute atomic E-state index is 11.7. The topological polar surface area (TPSA) is 95.0 Å². The van der Waals surface area contributed by atoms with Gasteiger partial charge in [-0.05, 0) is 38.1 Å². The smallest absolute Gasteiger partial charge is 0.270 e. The number of H-pyrrole nitrogens is 2. The van der Waals surface area contributed by atoms with Crippen LogP contribution in [0.3, 0.4) is 0 Å². The lowest BCUT2D eigenvalue weighted by atomic mass is 10.1. The first kappa shape index (κ1) is 13.4. The molecule has 0 spiro atoms. The second-order valence-corrected chi connectivity index (χ2v) is 4.36. The molecule has 0 unspecified atom stereocenters. The van der Waals surface area contributed by atoms with Gasteiger partial charge in [0.25, 0.3) is 11.1 Å². The van der Waals surface area contributed by atoms with Gasteiger partial charge in [-0.1, -0.05) is 0 Å². The van der Waals surface area contributed by atoms with E-state index in [1.54, 1.807) is 12.1 Å². The lowest BCUT2D eigenvalue weighted by Crippen LogP contribution is -2.26. The number of nitrogens with two attached hydrogens (primary N) is 1. The zero-order valence-electron chi connectivity index (χ0n) is 10.9. The van der Waals surface area contributed by atoms with E-state index in [2.05, 4.69) is 15.1 Å². The van der Waals surface area contributed by atoms with Crippen LogP contribution < -0.4 is 21.8 Å². The molecule has 102 valence electrons. The number of rotatable bonds is 5. The summed E-state index contributed by atoms with van der Waals surface area (Å²) in [5.74, 6) is 0. The third kappa shape index (κ3) is 2.68. The highest BCUT2D eigenvalue weighted by Crippen LogP contribution is 2.18. The van der Waals surface area contributed by atoms with Gasteiger partial charge in [0, 0.05) is 18.8 Å². The van der Waals surface area contributed by atoms with Crippen molar-refractivity contribution in [1.82, 2.24) is 10.2 Å². The zero-order valence-corrected chi connectivity index (χ0v) is 10.9. The highest BCUT2D eigenvalue weighted by Gasteiger charge is 2.08. The number of benzene rings is 1. The SMILES string of the molecule is CCN(CCCN)c1ccc2c(=O)[nH][nH]c(=O)c2c1.